The monoisotopic (exact) mass is 629 g/mol. The highest BCUT2D eigenvalue weighted by atomic mass is 35.5. The van der Waals surface area contributed by atoms with Crippen molar-refractivity contribution in [1.29, 1.82) is 0 Å². The second kappa shape index (κ2) is 14.2. The van der Waals surface area contributed by atoms with E-state index >= 15 is 0 Å². The highest BCUT2D eigenvalue weighted by Gasteiger charge is 2.41. The van der Waals surface area contributed by atoms with Gasteiger partial charge in [-0.1, -0.05) is 77.8 Å². The number of likely N-dealkylation sites (tertiary alicyclic amines) is 1. The number of halogens is 3. The first kappa shape index (κ1) is 32.3. The molecule has 2 fully saturated rings. The quantitative estimate of drug-likeness (QED) is 0.301. The maximum atomic E-state index is 13.4. The Morgan fingerprint density at radius 1 is 0.881 bits per heavy atom. The number of amides is 2. The smallest absolute Gasteiger partial charge is 0.254 e. The number of hydrogen-bond donors (Lipinski definition) is 1. The molecule has 0 spiro atoms. The van der Waals surface area contributed by atoms with Crippen LogP contribution in [0.4, 0.5) is 0 Å². The van der Waals surface area contributed by atoms with E-state index < -0.39 is 5.60 Å². The highest BCUT2D eigenvalue weighted by Crippen LogP contribution is 2.39. The summed E-state index contributed by atoms with van der Waals surface area (Å²) in [5, 5.41) is 4.23. The Hall–Kier alpha value is -2.61. The first-order valence-corrected chi connectivity index (χ1v) is 15.1. The number of nitrogens with zero attached hydrogens (tertiary/aromatic N) is 2. The molecular formula is C33H38Cl3N3O3. The Morgan fingerprint density at radius 3 is 2.19 bits per heavy atom. The molecule has 2 aliphatic heterocycles. The van der Waals surface area contributed by atoms with Gasteiger partial charge in [-0.15, -0.1) is 12.4 Å². The predicted octanol–water partition coefficient (Wildman–Crippen LogP) is 6.69. The van der Waals surface area contributed by atoms with Crippen LogP contribution in [-0.2, 0) is 20.7 Å². The molecule has 224 valence electrons. The number of hydrogen-bond acceptors (Lipinski definition) is 4. The first-order valence-electron chi connectivity index (χ1n) is 14.3. The van der Waals surface area contributed by atoms with E-state index in [-0.39, 0.29) is 29.8 Å². The van der Waals surface area contributed by atoms with Crippen molar-refractivity contribution in [2.45, 2.75) is 43.7 Å². The van der Waals surface area contributed by atoms with Crippen LogP contribution >= 0.6 is 35.6 Å². The zero-order chi connectivity index (χ0) is 28.9. The molecule has 1 unspecified atom stereocenters. The van der Waals surface area contributed by atoms with E-state index in [1.54, 1.807) is 13.0 Å². The zero-order valence-corrected chi connectivity index (χ0v) is 26.2. The lowest BCUT2D eigenvalue weighted by molar-refractivity contribution is -0.121. The number of carbonyl (C=O) groups excluding carboxylic acids is 2. The fraction of sp³-hybridized carbons (Fsp3) is 0.394. The lowest BCUT2D eigenvalue weighted by Gasteiger charge is -2.45. The second-order valence-corrected chi connectivity index (χ2v) is 12.0. The van der Waals surface area contributed by atoms with Gasteiger partial charge in [0.2, 0.25) is 5.91 Å². The van der Waals surface area contributed by atoms with E-state index in [4.69, 9.17) is 27.9 Å². The molecule has 0 saturated carbocycles. The van der Waals surface area contributed by atoms with E-state index in [0.717, 1.165) is 56.4 Å². The maximum absolute atomic E-state index is 13.4. The molecule has 2 heterocycles. The van der Waals surface area contributed by atoms with Crippen LogP contribution in [0.15, 0.2) is 78.9 Å². The van der Waals surface area contributed by atoms with E-state index in [2.05, 4.69) is 22.3 Å². The molecule has 2 amide bonds. The fourth-order valence-corrected chi connectivity index (χ4v) is 6.60. The average molecular weight is 631 g/mol. The largest absolute Gasteiger partial charge is 0.367 e. The van der Waals surface area contributed by atoms with Crippen molar-refractivity contribution in [3.63, 3.8) is 0 Å². The lowest BCUT2D eigenvalue weighted by atomic mass is 9.80. The molecule has 0 radical (unpaired) electrons. The van der Waals surface area contributed by atoms with Gasteiger partial charge in [0.15, 0.2) is 0 Å². The molecular weight excluding hydrogens is 593 g/mol. The third kappa shape index (κ3) is 7.29. The van der Waals surface area contributed by atoms with E-state index in [1.807, 2.05) is 65.6 Å². The van der Waals surface area contributed by atoms with E-state index in [0.29, 0.717) is 35.3 Å². The number of morpholine rings is 1. The van der Waals surface area contributed by atoms with Gasteiger partial charge in [0.1, 0.15) is 5.60 Å². The van der Waals surface area contributed by atoms with Crippen molar-refractivity contribution in [2.75, 3.05) is 39.3 Å². The van der Waals surface area contributed by atoms with Crippen molar-refractivity contribution >= 4 is 47.4 Å². The Morgan fingerprint density at radius 2 is 1.55 bits per heavy atom. The van der Waals surface area contributed by atoms with Gasteiger partial charge in [-0.05, 0) is 67.6 Å². The fourth-order valence-electron chi connectivity index (χ4n) is 6.30. The summed E-state index contributed by atoms with van der Waals surface area (Å²) >= 11 is 12.7. The Bertz CT molecular complexity index is 1350. The van der Waals surface area contributed by atoms with Gasteiger partial charge >= 0.3 is 0 Å². The zero-order valence-electron chi connectivity index (χ0n) is 23.9. The van der Waals surface area contributed by atoms with Gasteiger partial charge in [-0.2, -0.15) is 0 Å². The Labute approximate surface area is 264 Å². The molecule has 2 saturated heterocycles. The summed E-state index contributed by atoms with van der Waals surface area (Å²) in [6.07, 6.45) is 3.32. The van der Waals surface area contributed by atoms with Gasteiger partial charge in [-0.25, -0.2) is 0 Å². The van der Waals surface area contributed by atoms with Crippen LogP contribution < -0.4 is 5.32 Å². The normalized spacial score (nSPS) is 20.4. The molecule has 5 rings (SSSR count). The van der Waals surface area contributed by atoms with E-state index in [1.165, 1.54) is 0 Å². The molecule has 3 aromatic rings. The van der Waals surface area contributed by atoms with Crippen LogP contribution in [0.5, 0.6) is 0 Å². The van der Waals surface area contributed by atoms with Crippen LogP contribution in [0, 0.1) is 0 Å². The molecule has 0 aliphatic carbocycles. The van der Waals surface area contributed by atoms with Crippen molar-refractivity contribution in [1.82, 2.24) is 15.1 Å². The Kier molecular flexibility index (Phi) is 11.0. The van der Waals surface area contributed by atoms with Crippen molar-refractivity contribution in [3.8, 4) is 0 Å². The summed E-state index contributed by atoms with van der Waals surface area (Å²) in [6, 6.07) is 25.3. The highest BCUT2D eigenvalue weighted by molar-refractivity contribution is 6.42. The van der Waals surface area contributed by atoms with Crippen LogP contribution in [0.3, 0.4) is 0 Å². The lowest BCUT2D eigenvalue weighted by Crippen LogP contribution is -2.53. The molecule has 3 aromatic carbocycles. The summed E-state index contributed by atoms with van der Waals surface area (Å²) in [5.41, 5.74) is 1.75. The van der Waals surface area contributed by atoms with Crippen LogP contribution in [0.2, 0.25) is 10.0 Å². The average Bonchev–Trinajstić information content (AvgIpc) is 3.00. The number of rotatable bonds is 8. The van der Waals surface area contributed by atoms with Crippen molar-refractivity contribution in [2.24, 2.45) is 0 Å². The number of carbonyl (C=O) groups is 2. The van der Waals surface area contributed by atoms with Gasteiger partial charge in [0, 0.05) is 32.1 Å². The molecule has 9 heteroatoms. The summed E-state index contributed by atoms with van der Waals surface area (Å²) in [6.45, 7) is 5.67. The topological polar surface area (TPSA) is 61.9 Å². The van der Waals surface area contributed by atoms with Crippen molar-refractivity contribution in [3.05, 3.63) is 106 Å². The second-order valence-electron chi connectivity index (χ2n) is 11.1. The third-order valence-electron chi connectivity index (χ3n) is 8.45. The van der Waals surface area contributed by atoms with E-state index in [9.17, 15) is 9.59 Å². The molecule has 1 atom stereocenters. The summed E-state index contributed by atoms with van der Waals surface area (Å²) in [5.74, 6) is -0.000453. The van der Waals surface area contributed by atoms with Gasteiger partial charge < -0.3 is 19.9 Å². The molecule has 1 N–H and O–H groups in total. The number of nitrogens with one attached hydrogen (secondary N) is 1. The summed E-state index contributed by atoms with van der Waals surface area (Å²) in [4.78, 5) is 29.9. The minimum Gasteiger partial charge on any atom is -0.367 e. The Balaban J connectivity index is 0.00000405. The van der Waals surface area contributed by atoms with Gasteiger partial charge in [-0.3, -0.25) is 9.59 Å². The number of ether oxygens (including phenoxy) is 1. The number of piperidine rings is 1. The van der Waals surface area contributed by atoms with Gasteiger partial charge in [0.05, 0.1) is 28.7 Å². The summed E-state index contributed by atoms with van der Waals surface area (Å²) < 4.78 is 6.53. The minimum atomic E-state index is -0.684. The minimum absolute atomic E-state index is 0. The standard InChI is InChI=1S/C33H37Cl2N3O3.ClH/c1-25(39)36-32(27-11-6-3-7-12-27)16-19-37(20-17-32)18-8-15-33(28-13-14-29(34)30(35)23-28)24-38(21-22-41-33)31(40)26-9-4-2-5-10-26;/h2-7,9-14,23H,8,15-22,24H2,1H3,(H,36,39);1H. The van der Waals surface area contributed by atoms with Gasteiger partial charge in [0.25, 0.3) is 5.91 Å². The first-order chi connectivity index (χ1) is 19.8. The maximum Gasteiger partial charge on any atom is 0.254 e. The SMILES string of the molecule is CC(=O)NC1(c2ccccc2)CCN(CCCC2(c3ccc(Cl)c(Cl)c3)CN(C(=O)c3ccccc3)CCO2)CC1.Cl. The van der Waals surface area contributed by atoms with Crippen molar-refractivity contribution < 1.29 is 14.3 Å². The summed E-state index contributed by atoms with van der Waals surface area (Å²) in [7, 11) is 0. The molecule has 42 heavy (non-hydrogen) atoms. The van der Waals surface area contributed by atoms with Crippen LogP contribution in [-0.4, -0.2) is 60.9 Å². The van der Waals surface area contributed by atoms with Crippen LogP contribution in [0.1, 0.15) is 54.1 Å². The van der Waals surface area contributed by atoms with Crippen LogP contribution in [0.25, 0.3) is 0 Å². The molecule has 6 nitrogen and oxygen atoms in total. The molecule has 0 aromatic heterocycles. The molecule has 0 bridgehead atoms. The number of benzene rings is 3. The molecule has 2 aliphatic rings. The third-order valence-corrected chi connectivity index (χ3v) is 9.18. The predicted molar refractivity (Wildman–Crippen MR) is 171 cm³/mol.